The standard InChI is InChI=1S/C15H23BrN2O/c1-14(2,12-5-3-4-6-13(12)16)8-18-9-15(7-17)10-19-11-15/h3-6,18H,7-11,17H2,1-2H3. The molecule has 0 spiro atoms. The van der Waals surface area contributed by atoms with E-state index < -0.39 is 0 Å². The minimum absolute atomic E-state index is 0.0838. The van der Waals surface area contributed by atoms with Gasteiger partial charge in [0, 0.05) is 34.9 Å². The molecule has 1 aliphatic heterocycles. The maximum Gasteiger partial charge on any atom is 0.0569 e. The van der Waals surface area contributed by atoms with E-state index in [9.17, 15) is 0 Å². The highest BCUT2D eigenvalue weighted by Gasteiger charge is 2.37. The summed E-state index contributed by atoms with van der Waals surface area (Å²) in [5.74, 6) is 0. The van der Waals surface area contributed by atoms with Crippen molar-refractivity contribution in [1.82, 2.24) is 5.32 Å². The number of benzene rings is 1. The molecular weight excluding hydrogens is 304 g/mol. The lowest BCUT2D eigenvalue weighted by atomic mass is 9.83. The second kappa shape index (κ2) is 5.92. The summed E-state index contributed by atoms with van der Waals surface area (Å²) in [6, 6.07) is 8.41. The third-order valence-corrected chi connectivity index (χ3v) is 4.61. The van der Waals surface area contributed by atoms with E-state index in [-0.39, 0.29) is 10.8 Å². The molecule has 1 aromatic carbocycles. The van der Waals surface area contributed by atoms with Crippen molar-refractivity contribution in [3.05, 3.63) is 34.3 Å². The van der Waals surface area contributed by atoms with Gasteiger partial charge in [0.25, 0.3) is 0 Å². The van der Waals surface area contributed by atoms with Crippen LogP contribution < -0.4 is 11.1 Å². The number of hydrogen-bond donors (Lipinski definition) is 2. The molecule has 1 aliphatic rings. The monoisotopic (exact) mass is 326 g/mol. The van der Waals surface area contributed by atoms with Gasteiger partial charge in [0.2, 0.25) is 0 Å². The summed E-state index contributed by atoms with van der Waals surface area (Å²) >= 11 is 3.63. The summed E-state index contributed by atoms with van der Waals surface area (Å²) in [6.07, 6.45) is 0. The molecule has 106 valence electrons. The van der Waals surface area contributed by atoms with E-state index >= 15 is 0 Å². The highest BCUT2D eigenvalue weighted by atomic mass is 79.9. The second-order valence-electron chi connectivity index (χ2n) is 6.16. The van der Waals surface area contributed by atoms with Gasteiger partial charge in [0.05, 0.1) is 13.2 Å². The molecule has 0 amide bonds. The van der Waals surface area contributed by atoms with E-state index in [0.717, 1.165) is 26.3 Å². The van der Waals surface area contributed by atoms with Crippen LogP contribution in [0.5, 0.6) is 0 Å². The topological polar surface area (TPSA) is 47.3 Å². The smallest absolute Gasteiger partial charge is 0.0569 e. The molecule has 1 saturated heterocycles. The van der Waals surface area contributed by atoms with Gasteiger partial charge in [-0.1, -0.05) is 48.0 Å². The van der Waals surface area contributed by atoms with Crippen LogP contribution in [0.2, 0.25) is 0 Å². The van der Waals surface area contributed by atoms with Crippen molar-refractivity contribution in [1.29, 1.82) is 0 Å². The van der Waals surface area contributed by atoms with Gasteiger partial charge in [-0.3, -0.25) is 0 Å². The molecule has 0 aromatic heterocycles. The molecule has 1 fully saturated rings. The van der Waals surface area contributed by atoms with Crippen molar-refractivity contribution in [2.45, 2.75) is 19.3 Å². The van der Waals surface area contributed by atoms with Crippen molar-refractivity contribution >= 4 is 15.9 Å². The Labute approximate surface area is 124 Å². The fourth-order valence-electron chi connectivity index (χ4n) is 2.43. The first-order chi connectivity index (χ1) is 8.99. The van der Waals surface area contributed by atoms with Gasteiger partial charge in [-0.25, -0.2) is 0 Å². The number of hydrogen-bond acceptors (Lipinski definition) is 3. The SMILES string of the molecule is CC(C)(CNCC1(CN)COC1)c1ccccc1Br. The first-order valence-electron chi connectivity index (χ1n) is 6.73. The molecular formula is C15H23BrN2O. The molecule has 1 aromatic rings. The van der Waals surface area contributed by atoms with Crippen LogP contribution in [0.25, 0.3) is 0 Å². The Morgan fingerprint density at radius 1 is 1.37 bits per heavy atom. The van der Waals surface area contributed by atoms with Crippen molar-refractivity contribution in [3.8, 4) is 0 Å². The fourth-order valence-corrected chi connectivity index (χ4v) is 3.25. The van der Waals surface area contributed by atoms with E-state index in [1.807, 2.05) is 6.07 Å². The lowest BCUT2D eigenvalue weighted by Crippen LogP contribution is -2.55. The molecule has 0 aliphatic carbocycles. The van der Waals surface area contributed by atoms with Crippen LogP contribution in [0, 0.1) is 5.41 Å². The number of rotatable bonds is 6. The lowest BCUT2D eigenvalue weighted by molar-refractivity contribution is -0.105. The van der Waals surface area contributed by atoms with Crippen LogP contribution in [-0.4, -0.2) is 32.8 Å². The molecule has 3 N–H and O–H groups in total. The van der Waals surface area contributed by atoms with E-state index in [1.165, 1.54) is 10.0 Å². The molecule has 0 atom stereocenters. The number of nitrogens with two attached hydrogens (primary N) is 1. The molecule has 0 bridgehead atoms. The van der Waals surface area contributed by atoms with Gasteiger partial charge in [-0.05, 0) is 11.6 Å². The predicted octanol–water partition coefficient (Wildman–Crippen LogP) is 2.29. The van der Waals surface area contributed by atoms with Crippen LogP contribution in [0.1, 0.15) is 19.4 Å². The summed E-state index contributed by atoms with van der Waals surface area (Å²) in [4.78, 5) is 0. The van der Waals surface area contributed by atoms with E-state index in [4.69, 9.17) is 10.5 Å². The number of halogens is 1. The Balaban J connectivity index is 1.93. The van der Waals surface area contributed by atoms with Gasteiger partial charge in [-0.15, -0.1) is 0 Å². The van der Waals surface area contributed by atoms with Crippen molar-refractivity contribution < 1.29 is 4.74 Å². The van der Waals surface area contributed by atoms with Crippen LogP contribution in [0.3, 0.4) is 0 Å². The maximum absolute atomic E-state index is 5.83. The molecule has 1 heterocycles. The Hall–Kier alpha value is -0.420. The molecule has 19 heavy (non-hydrogen) atoms. The summed E-state index contributed by atoms with van der Waals surface area (Å²) in [5.41, 5.74) is 7.39. The highest BCUT2D eigenvalue weighted by molar-refractivity contribution is 9.10. The third kappa shape index (κ3) is 3.37. The first-order valence-corrected chi connectivity index (χ1v) is 7.52. The van der Waals surface area contributed by atoms with Crippen molar-refractivity contribution in [3.63, 3.8) is 0 Å². The Bertz CT molecular complexity index is 424. The zero-order valence-corrected chi connectivity index (χ0v) is 13.3. The highest BCUT2D eigenvalue weighted by Crippen LogP contribution is 2.30. The second-order valence-corrected chi connectivity index (χ2v) is 7.02. The maximum atomic E-state index is 5.83. The quantitative estimate of drug-likeness (QED) is 0.843. The summed E-state index contributed by atoms with van der Waals surface area (Å²) in [5, 5.41) is 3.56. The van der Waals surface area contributed by atoms with Gasteiger partial charge < -0.3 is 15.8 Å². The van der Waals surface area contributed by atoms with Crippen LogP contribution >= 0.6 is 15.9 Å². The van der Waals surface area contributed by atoms with Gasteiger partial charge in [0.15, 0.2) is 0 Å². The average molecular weight is 327 g/mol. The normalized spacial score (nSPS) is 18.1. The van der Waals surface area contributed by atoms with E-state index in [2.05, 4.69) is 53.3 Å². The minimum Gasteiger partial charge on any atom is -0.380 e. The van der Waals surface area contributed by atoms with Gasteiger partial charge in [0.1, 0.15) is 0 Å². The van der Waals surface area contributed by atoms with E-state index in [0.29, 0.717) is 6.54 Å². The first kappa shape index (κ1) is 15.0. The van der Waals surface area contributed by atoms with Crippen LogP contribution in [0.4, 0.5) is 0 Å². The minimum atomic E-state index is 0.0838. The van der Waals surface area contributed by atoms with Gasteiger partial charge in [-0.2, -0.15) is 0 Å². The molecule has 0 unspecified atom stereocenters. The Morgan fingerprint density at radius 2 is 2.05 bits per heavy atom. The lowest BCUT2D eigenvalue weighted by Gasteiger charge is -2.41. The van der Waals surface area contributed by atoms with Gasteiger partial charge >= 0.3 is 0 Å². The third-order valence-electron chi connectivity index (χ3n) is 3.92. The summed E-state index contributed by atoms with van der Waals surface area (Å²) in [7, 11) is 0. The zero-order valence-electron chi connectivity index (χ0n) is 11.7. The Kier molecular flexibility index (Phi) is 4.66. The molecule has 0 radical (unpaired) electrons. The largest absolute Gasteiger partial charge is 0.380 e. The van der Waals surface area contributed by atoms with E-state index in [1.54, 1.807) is 0 Å². The molecule has 4 heteroatoms. The summed E-state index contributed by atoms with van der Waals surface area (Å²) in [6.45, 7) is 8.63. The fraction of sp³-hybridized carbons (Fsp3) is 0.600. The number of ether oxygens (including phenoxy) is 1. The molecule has 2 rings (SSSR count). The van der Waals surface area contributed by atoms with Crippen LogP contribution in [0.15, 0.2) is 28.7 Å². The Morgan fingerprint density at radius 3 is 2.58 bits per heavy atom. The summed E-state index contributed by atoms with van der Waals surface area (Å²) < 4.78 is 6.46. The zero-order chi connectivity index (χ0) is 13.9. The number of nitrogens with one attached hydrogen (secondary N) is 1. The van der Waals surface area contributed by atoms with Crippen LogP contribution in [-0.2, 0) is 10.2 Å². The molecule has 3 nitrogen and oxygen atoms in total. The van der Waals surface area contributed by atoms with Crippen molar-refractivity contribution in [2.24, 2.45) is 11.1 Å². The molecule has 0 saturated carbocycles. The predicted molar refractivity (Wildman–Crippen MR) is 82.3 cm³/mol. The van der Waals surface area contributed by atoms with Crippen molar-refractivity contribution in [2.75, 3.05) is 32.8 Å². The average Bonchev–Trinajstić information content (AvgIpc) is 2.33.